The Hall–Kier alpha value is -1.13. The topological polar surface area (TPSA) is 34.1 Å². The Balaban J connectivity index is 1.80. The van der Waals surface area contributed by atoms with Crippen molar-refractivity contribution >= 4 is 32.7 Å². The van der Waals surface area contributed by atoms with Gasteiger partial charge in [0.25, 0.3) is 0 Å². The van der Waals surface area contributed by atoms with Gasteiger partial charge >= 0.3 is 0 Å². The quantitative estimate of drug-likeness (QED) is 0.928. The SMILES string of the molecule is COC1CCC(Nc2ccc3cccc(Br)c3n2)C1. The van der Waals surface area contributed by atoms with E-state index in [0.29, 0.717) is 12.1 Å². The van der Waals surface area contributed by atoms with E-state index >= 15 is 0 Å². The molecule has 4 heteroatoms. The molecule has 3 rings (SSSR count). The molecule has 19 heavy (non-hydrogen) atoms. The van der Waals surface area contributed by atoms with Crippen molar-refractivity contribution in [2.24, 2.45) is 0 Å². The van der Waals surface area contributed by atoms with E-state index in [-0.39, 0.29) is 0 Å². The number of nitrogens with zero attached hydrogens (tertiary/aromatic N) is 1. The van der Waals surface area contributed by atoms with Gasteiger partial charge in [-0.3, -0.25) is 0 Å². The van der Waals surface area contributed by atoms with Crippen molar-refractivity contribution < 1.29 is 4.74 Å². The monoisotopic (exact) mass is 320 g/mol. The van der Waals surface area contributed by atoms with E-state index in [2.05, 4.69) is 39.4 Å². The molecule has 1 aromatic heterocycles. The average Bonchev–Trinajstić information content (AvgIpc) is 2.87. The normalized spacial score (nSPS) is 22.8. The van der Waals surface area contributed by atoms with E-state index in [4.69, 9.17) is 9.72 Å². The van der Waals surface area contributed by atoms with Crippen molar-refractivity contribution in [3.05, 3.63) is 34.8 Å². The molecular weight excluding hydrogens is 304 g/mol. The van der Waals surface area contributed by atoms with Crippen LogP contribution in [0.3, 0.4) is 0 Å². The van der Waals surface area contributed by atoms with Crippen LogP contribution in [0.5, 0.6) is 0 Å². The van der Waals surface area contributed by atoms with Crippen LogP contribution in [0.4, 0.5) is 5.82 Å². The van der Waals surface area contributed by atoms with Gasteiger partial charge < -0.3 is 10.1 Å². The molecule has 0 aliphatic heterocycles. The number of halogens is 1. The number of aromatic nitrogens is 1. The molecule has 100 valence electrons. The van der Waals surface area contributed by atoms with Gasteiger partial charge in [0.15, 0.2) is 0 Å². The largest absolute Gasteiger partial charge is 0.381 e. The molecule has 0 amide bonds. The van der Waals surface area contributed by atoms with Crippen LogP contribution in [-0.4, -0.2) is 24.2 Å². The smallest absolute Gasteiger partial charge is 0.126 e. The summed E-state index contributed by atoms with van der Waals surface area (Å²) in [5, 5.41) is 4.67. The number of para-hydroxylation sites is 1. The number of benzene rings is 1. The number of hydrogen-bond donors (Lipinski definition) is 1. The van der Waals surface area contributed by atoms with Gasteiger partial charge in [-0.1, -0.05) is 12.1 Å². The highest BCUT2D eigenvalue weighted by Gasteiger charge is 2.24. The maximum Gasteiger partial charge on any atom is 0.126 e. The number of nitrogens with one attached hydrogen (secondary N) is 1. The van der Waals surface area contributed by atoms with E-state index < -0.39 is 0 Å². The van der Waals surface area contributed by atoms with Crippen molar-refractivity contribution in [3.63, 3.8) is 0 Å². The predicted octanol–water partition coefficient (Wildman–Crippen LogP) is 3.98. The number of fused-ring (bicyclic) bond motifs is 1. The number of hydrogen-bond acceptors (Lipinski definition) is 3. The number of rotatable bonds is 3. The third-order valence-corrected chi connectivity index (χ3v) is 4.38. The Morgan fingerprint density at radius 1 is 1.26 bits per heavy atom. The van der Waals surface area contributed by atoms with Gasteiger partial charge in [-0.15, -0.1) is 0 Å². The molecule has 1 aliphatic rings. The van der Waals surface area contributed by atoms with Crippen LogP contribution >= 0.6 is 15.9 Å². The molecule has 1 fully saturated rings. The molecule has 0 radical (unpaired) electrons. The first kappa shape index (κ1) is 12.9. The minimum absolute atomic E-state index is 0.393. The van der Waals surface area contributed by atoms with Crippen LogP contribution in [0.15, 0.2) is 34.8 Å². The molecule has 1 aromatic carbocycles. The van der Waals surface area contributed by atoms with Crippen LogP contribution in [0.25, 0.3) is 10.9 Å². The van der Waals surface area contributed by atoms with Crippen molar-refractivity contribution in [1.82, 2.24) is 4.98 Å². The van der Waals surface area contributed by atoms with Gasteiger partial charge in [0.05, 0.1) is 11.6 Å². The van der Waals surface area contributed by atoms with E-state index in [1.165, 1.54) is 0 Å². The minimum atomic E-state index is 0.393. The van der Waals surface area contributed by atoms with Crippen molar-refractivity contribution in [2.45, 2.75) is 31.4 Å². The molecule has 1 heterocycles. The van der Waals surface area contributed by atoms with Crippen molar-refractivity contribution in [3.8, 4) is 0 Å². The highest BCUT2D eigenvalue weighted by Crippen LogP contribution is 2.27. The van der Waals surface area contributed by atoms with Gasteiger partial charge in [-0.05, 0) is 53.4 Å². The minimum Gasteiger partial charge on any atom is -0.381 e. The van der Waals surface area contributed by atoms with Crippen LogP contribution in [-0.2, 0) is 4.74 Å². The number of anilines is 1. The molecule has 2 aromatic rings. The summed E-state index contributed by atoms with van der Waals surface area (Å²) < 4.78 is 6.44. The Kier molecular flexibility index (Phi) is 3.71. The van der Waals surface area contributed by atoms with Gasteiger partial charge in [0.2, 0.25) is 0 Å². The maximum atomic E-state index is 5.40. The lowest BCUT2D eigenvalue weighted by molar-refractivity contribution is 0.108. The first-order chi connectivity index (χ1) is 9.26. The molecule has 3 nitrogen and oxygen atoms in total. The Morgan fingerprint density at radius 3 is 2.95 bits per heavy atom. The van der Waals surface area contributed by atoms with Gasteiger partial charge in [0, 0.05) is 23.0 Å². The predicted molar refractivity (Wildman–Crippen MR) is 81.5 cm³/mol. The standard InChI is InChI=1S/C15H17BrN2O/c1-19-12-7-6-11(9-12)17-14-8-5-10-3-2-4-13(16)15(10)18-14/h2-5,8,11-12H,6-7,9H2,1H3,(H,17,18). The van der Waals surface area contributed by atoms with Gasteiger partial charge in [-0.25, -0.2) is 4.98 Å². The maximum absolute atomic E-state index is 5.40. The second-order valence-electron chi connectivity index (χ2n) is 5.02. The molecule has 2 unspecified atom stereocenters. The van der Waals surface area contributed by atoms with Crippen LogP contribution < -0.4 is 5.32 Å². The summed E-state index contributed by atoms with van der Waals surface area (Å²) >= 11 is 3.55. The fourth-order valence-electron chi connectivity index (χ4n) is 2.69. The second-order valence-corrected chi connectivity index (χ2v) is 5.87. The van der Waals surface area contributed by atoms with Crippen LogP contribution in [0.2, 0.25) is 0 Å². The Labute approximate surface area is 121 Å². The summed E-state index contributed by atoms with van der Waals surface area (Å²) in [6.07, 6.45) is 3.73. The molecule has 0 bridgehead atoms. The Morgan fingerprint density at radius 2 is 2.16 bits per heavy atom. The zero-order valence-electron chi connectivity index (χ0n) is 10.9. The van der Waals surface area contributed by atoms with E-state index in [9.17, 15) is 0 Å². The molecular formula is C15H17BrN2O. The van der Waals surface area contributed by atoms with Gasteiger partial charge in [-0.2, -0.15) is 0 Å². The summed E-state index contributed by atoms with van der Waals surface area (Å²) in [7, 11) is 1.79. The lowest BCUT2D eigenvalue weighted by Crippen LogP contribution is -2.17. The molecule has 0 spiro atoms. The molecule has 0 saturated heterocycles. The van der Waals surface area contributed by atoms with Crippen molar-refractivity contribution in [1.29, 1.82) is 0 Å². The highest BCUT2D eigenvalue weighted by atomic mass is 79.9. The molecule has 1 saturated carbocycles. The molecule has 1 N–H and O–H groups in total. The third kappa shape index (κ3) is 2.74. The summed E-state index contributed by atoms with van der Waals surface area (Å²) in [6.45, 7) is 0. The van der Waals surface area contributed by atoms with E-state index in [1.807, 2.05) is 12.1 Å². The highest BCUT2D eigenvalue weighted by molar-refractivity contribution is 9.10. The van der Waals surface area contributed by atoms with E-state index in [0.717, 1.165) is 40.5 Å². The fourth-order valence-corrected chi connectivity index (χ4v) is 3.16. The Bertz CT molecular complexity index is 587. The summed E-state index contributed by atoms with van der Waals surface area (Å²) in [6, 6.07) is 10.8. The summed E-state index contributed by atoms with van der Waals surface area (Å²) in [5.41, 5.74) is 1.01. The van der Waals surface area contributed by atoms with Gasteiger partial charge in [0.1, 0.15) is 5.82 Å². The van der Waals surface area contributed by atoms with E-state index in [1.54, 1.807) is 7.11 Å². The number of methoxy groups -OCH3 is 1. The average molecular weight is 321 g/mol. The fraction of sp³-hybridized carbons (Fsp3) is 0.400. The molecule has 2 atom stereocenters. The first-order valence-electron chi connectivity index (χ1n) is 6.61. The number of pyridine rings is 1. The second kappa shape index (κ2) is 5.47. The lowest BCUT2D eigenvalue weighted by Gasteiger charge is -2.14. The molecule has 1 aliphatic carbocycles. The third-order valence-electron chi connectivity index (χ3n) is 3.74. The lowest BCUT2D eigenvalue weighted by atomic mass is 10.2. The summed E-state index contributed by atoms with van der Waals surface area (Å²) in [5.74, 6) is 0.946. The number of ether oxygens (including phenoxy) is 1. The van der Waals surface area contributed by atoms with Crippen LogP contribution in [0, 0.1) is 0 Å². The van der Waals surface area contributed by atoms with Crippen LogP contribution in [0.1, 0.15) is 19.3 Å². The van der Waals surface area contributed by atoms with Crippen molar-refractivity contribution in [2.75, 3.05) is 12.4 Å². The summed E-state index contributed by atoms with van der Waals surface area (Å²) in [4.78, 5) is 4.69. The first-order valence-corrected chi connectivity index (χ1v) is 7.40. The zero-order valence-corrected chi connectivity index (χ0v) is 12.5. The zero-order chi connectivity index (χ0) is 13.2.